The van der Waals surface area contributed by atoms with Crippen molar-refractivity contribution in [2.45, 2.75) is 19.6 Å². The molecule has 1 aromatic carbocycles. The zero-order chi connectivity index (χ0) is 17.7. The van der Waals surface area contributed by atoms with E-state index in [4.69, 9.17) is 0 Å². The number of hydrogen-bond donors (Lipinski definition) is 2. The summed E-state index contributed by atoms with van der Waals surface area (Å²) < 4.78 is 37.8. The lowest BCUT2D eigenvalue weighted by Gasteiger charge is -2.10. The first-order valence-electron chi connectivity index (χ1n) is 7.03. The molecule has 1 aromatic heterocycles. The van der Waals surface area contributed by atoms with Crippen LogP contribution in [-0.2, 0) is 17.5 Å². The summed E-state index contributed by atoms with van der Waals surface area (Å²) in [5, 5.41) is 4.94. The van der Waals surface area contributed by atoms with Crippen LogP contribution < -0.4 is 10.6 Å². The Morgan fingerprint density at radius 2 is 1.88 bits per heavy atom. The molecule has 2 aromatic rings. The van der Waals surface area contributed by atoms with Crippen LogP contribution in [0.4, 0.5) is 13.2 Å². The number of carbonyl (C=O) groups excluding carboxylic acids is 2. The van der Waals surface area contributed by atoms with Crippen molar-refractivity contribution in [2.24, 2.45) is 0 Å². The first-order valence-corrected chi connectivity index (χ1v) is 7.85. The van der Waals surface area contributed by atoms with E-state index in [2.05, 4.69) is 10.6 Å². The maximum atomic E-state index is 12.6. The Hall–Kier alpha value is -2.35. The lowest BCUT2D eigenvalue weighted by atomic mass is 10.1. The summed E-state index contributed by atoms with van der Waals surface area (Å²) in [6.07, 6.45) is -4.42. The SMILES string of the molecule is Cc1ccc(C(=O)NCC(=O)NCc2cccc(C(F)(F)F)c2)s1. The van der Waals surface area contributed by atoms with Gasteiger partial charge in [-0.2, -0.15) is 13.2 Å². The average molecular weight is 356 g/mol. The Morgan fingerprint density at radius 3 is 2.50 bits per heavy atom. The molecule has 0 fully saturated rings. The number of carbonyl (C=O) groups is 2. The number of alkyl halides is 3. The molecule has 0 aliphatic heterocycles. The molecule has 24 heavy (non-hydrogen) atoms. The fraction of sp³-hybridized carbons (Fsp3) is 0.250. The van der Waals surface area contributed by atoms with Gasteiger partial charge in [0, 0.05) is 11.4 Å². The first-order chi connectivity index (χ1) is 11.3. The predicted octanol–water partition coefficient (Wildman–Crippen LogP) is 3.12. The summed E-state index contributed by atoms with van der Waals surface area (Å²) in [5.74, 6) is -0.837. The van der Waals surface area contributed by atoms with Gasteiger partial charge in [-0.3, -0.25) is 9.59 Å². The van der Waals surface area contributed by atoms with E-state index in [1.165, 1.54) is 23.5 Å². The molecule has 0 bridgehead atoms. The molecule has 128 valence electrons. The maximum absolute atomic E-state index is 12.6. The molecule has 2 N–H and O–H groups in total. The van der Waals surface area contributed by atoms with Gasteiger partial charge in [-0.05, 0) is 36.8 Å². The smallest absolute Gasteiger partial charge is 0.350 e. The Bertz CT molecular complexity index is 741. The van der Waals surface area contributed by atoms with Crippen molar-refractivity contribution >= 4 is 23.2 Å². The van der Waals surface area contributed by atoms with Gasteiger partial charge < -0.3 is 10.6 Å². The molecular weight excluding hydrogens is 341 g/mol. The molecule has 0 aliphatic rings. The van der Waals surface area contributed by atoms with E-state index in [0.29, 0.717) is 10.4 Å². The standard InChI is InChI=1S/C16H15F3N2O2S/c1-10-5-6-13(24-10)15(23)21-9-14(22)20-8-11-3-2-4-12(7-11)16(17,18)19/h2-7H,8-9H2,1H3,(H,20,22)(H,21,23). The number of rotatable bonds is 5. The molecule has 0 saturated carbocycles. The summed E-state index contributed by atoms with van der Waals surface area (Å²) in [7, 11) is 0. The van der Waals surface area contributed by atoms with Gasteiger partial charge in [0.1, 0.15) is 0 Å². The second kappa shape index (κ2) is 7.48. The normalized spacial score (nSPS) is 11.2. The van der Waals surface area contributed by atoms with Gasteiger partial charge in [0.15, 0.2) is 0 Å². The molecule has 0 radical (unpaired) electrons. The first kappa shape index (κ1) is 18.0. The molecule has 8 heteroatoms. The van der Waals surface area contributed by atoms with Crippen LogP contribution in [0.15, 0.2) is 36.4 Å². The number of aryl methyl sites for hydroxylation is 1. The van der Waals surface area contributed by atoms with Gasteiger partial charge in [-0.1, -0.05) is 12.1 Å². The third-order valence-electron chi connectivity index (χ3n) is 3.12. The molecule has 2 rings (SSSR count). The minimum Gasteiger partial charge on any atom is -0.350 e. The fourth-order valence-electron chi connectivity index (χ4n) is 1.92. The Labute approximate surface area is 140 Å². The summed E-state index contributed by atoms with van der Waals surface area (Å²) in [6.45, 7) is 1.58. The van der Waals surface area contributed by atoms with Gasteiger partial charge in [0.25, 0.3) is 5.91 Å². The highest BCUT2D eigenvalue weighted by molar-refractivity contribution is 7.13. The van der Waals surface area contributed by atoms with Crippen LogP contribution in [0.3, 0.4) is 0 Å². The zero-order valence-electron chi connectivity index (χ0n) is 12.7. The Balaban J connectivity index is 1.82. The van der Waals surface area contributed by atoms with Crippen molar-refractivity contribution in [3.05, 3.63) is 57.3 Å². The maximum Gasteiger partial charge on any atom is 0.416 e. The molecule has 2 amide bonds. The molecule has 0 aliphatic carbocycles. The highest BCUT2D eigenvalue weighted by Crippen LogP contribution is 2.29. The zero-order valence-corrected chi connectivity index (χ0v) is 13.6. The largest absolute Gasteiger partial charge is 0.416 e. The van der Waals surface area contributed by atoms with Crippen LogP contribution in [0.25, 0.3) is 0 Å². The molecule has 0 spiro atoms. The number of thiophene rings is 1. The number of nitrogens with one attached hydrogen (secondary N) is 2. The van der Waals surface area contributed by atoms with E-state index in [1.807, 2.05) is 6.92 Å². The monoisotopic (exact) mass is 356 g/mol. The summed E-state index contributed by atoms with van der Waals surface area (Å²) >= 11 is 1.31. The van der Waals surface area contributed by atoms with Crippen molar-refractivity contribution < 1.29 is 22.8 Å². The van der Waals surface area contributed by atoms with E-state index in [0.717, 1.165) is 17.0 Å². The third kappa shape index (κ3) is 5.09. The average Bonchev–Trinajstić information content (AvgIpc) is 2.96. The van der Waals surface area contributed by atoms with E-state index < -0.39 is 17.6 Å². The number of benzene rings is 1. The van der Waals surface area contributed by atoms with Gasteiger partial charge in [0.2, 0.25) is 5.91 Å². The van der Waals surface area contributed by atoms with Gasteiger partial charge in [-0.15, -0.1) is 11.3 Å². The fourth-order valence-corrected chi connectivity index (χ4v) is 2.71. The van der Waals surface area contributed by atoms with Crippen molar-refractivity contribution in [3.63, 3.8) is 0 Å². The highest BCUT2D eigenvalue weighted by atomic mass is 32.1. The predicted molar refractivity (Wildman–Crippen MR) is 84.7 cm³/mol. The Morgan fingerprint density at radius 1 is 1.12 bits per heavy atom. The molecule has 0 unspecified atom stereocenters. The quantitative estimate of drug-likeness (QED) is 0.865. The number of halogens is 3. The Kier molecular flexibility index (Phi) is 5.61. The molecular formula is C16H15F3N2O2S. The lowest BCUT2D eigenvalue weighted by molar-refractivity contribution is -0.137. The van der Waals surface area contributed by atoms with E-state index in [9.17, 15) is 22.8 Å². The van der Waals surface area contributed by atoms with Crippen molar-refractivity contribution in [3.8, 4) is 0 Å². The van der Waals surface area contributed by atoms with E-state index >= 15 is 0 Å². The lowest BCUT2D eigenvalue weighted by Crippen LogP contribution is -2.36. The van der Waals surface area contributed by atoms with Gasteiger partial charge >= 0.3 is 6.18 Å². The van der Waals surface area contributed by atoms with Crippen LogP contribution >= 0.6 is 11.3 Å². The van der Waals surface area contributed by atoms with Crippen molar-refractivity contribution in [1.29, 1.82) is 0 Å². The second-order valence-electron chi connectivity index (χ2n) is 5.07. The van der Waals surface area contributed by atoms with Crippen LogP contribution in [0.1, 0.15) is 25.7 Å². The van der Waals surface area contributed by atoms with E-state index in [1.54, 1.807) is 12.1 Å². The molecule has 1 heterocycles. The molecule has 0 atom stereocenters. The van der Waals surface area contributed by atoms with Crippen LogP contribution in [-0.4, -0.2) is 18.4 Å². The minimum absolute atomic E-state index is 0.0449. The summed E-state index contributed by atoms with van der Waals surface area (Å²) in [6, 6.07) is 8.18. The summed E-state index contributed by atoms with van der Waals surface area (Å²) in [5.41, 5.74) is -0.436. The van der Waals surface area contributed by atoms with Crippen LogP contribution in [0.2, 0.25) is 0 Å². The summed E-state index contributed by atoms with van der Waals surface area (Å²) in [4.78, 5) is 25.0. The van der Waals surface area contributed by atoms with Gasteiger partial charge in [-0.25, -0.2) is 0 Å². The van der Waals surface area contributed by atoms with E-state index in [-0.39, 0.29) is 19.0 Å². The van der Waals surface area contributed by atoms with Crippen LogP contribution in [0.5, 0.6) is 0 Å². The molecule has 4 nitrogen and oxygen atoms in total. The number of amides is 2. The van der Waals surface area contributed by atoms with Crippen LogP contribution in [0, 0.1) is 6.92 Å². The topological polar surface area (TPSA) is 58.2 Å². The van der Waals surface area contributed by atoms with Crippen molar-refractivity contribution in [1.82, 2.24) is 10.6 Å². The second-order valence-corrected chi connectivity index (χ2v) is 6.36. The van der Waals surface area contributed by atoms with Crippen molar-refractivity contribution in [2.75, 3.05) is 6.54 Å². The minimum atomic E-state index is -4.42. The number of hydrogen-bond acceptors (Lipinski definition) is 3. The highest BCUT2D eigenvalue weighted by Gasteiger charge is 2.30. The van der Waals surface area contributed by atoms with Gasteiger partial charge in [0.05, 0.1) is 17.0 Å². The molecule has 0 saturated heterocycles. The third-order valence-corrected chi connectivity index (χ3v) is 4.12.